The topological polar surface area (TPSA) is 67.9 Å². The number of nitrogens with zero attached hydrogens (tertiary/aromatic N) is 1. The zero-order valence-electron chi connectivity index (χ0n) is 13.9. The average molecular weight is 320 g/mol. The van der Waals surface area contributed by atoms with Gasteiger partial charge in [0.05, 0.1) is 24.8 Å². The first-order valence-electron chi connectivity index (χ1n) is 8.07. The number of rotatable bonds is 7. The third-order valence-electron chi connectivity index (χ3n) is 3.79. The number of ether oxygens (including phenoxy) is 2. The zero-order valence-corrected chi connectivity index (χ0v) is 13.9. The molecule has 1 aliphatic heterocycles. The smallest absolute Gasteiger partial charge is 0.229 e. The predicted molar refractivity (Wildman–Crippen MR) is 87.8 cm³/mol. The highest BCUT2D eigenvalue weighted by molar-refractivity contribution is 5.98. The van der Waals surface area contributed by atoms with Crippen LogP contribution in [0.15, 0.2) is 18.2 Å². The minimum absolute atomic E-state index is 0.0285. The van der Waals surface area contributed by atoms with Crippen LogP contribution in [0, 0.1) is 5.92 Å². The second-order valence-corrected chi connectivity index (χ2v) is 5.35. The van der Waals surface area contributed by atoms with Crippen molar-refractivity contribution in [2.75, 3.05) is 31.6 Å². The fraction of sp³-hybridized carbons (Fsp3) is 0.529. The maximum Gasteiger partial charge on any atom is 0.229 e. The Hall–Kier alpha value is -2.24. The molecule has 0 spiro atoms. The van der Waals surface area contributed by atoms with Gasteiger partial charge in [0, 0.05) is 25.6 Å². The molecule has 2 rings (SSSR count). The molecule has 1 heterocycles. The van der Waals surface area contributed by atoms with Gasteiger partial charge in [0.1, 0.15) is 11.5 Å². The van der Waals surface area contributed by atoms with Gasteiger partial charge in [-0.3, -0.25) is 9.59 Å². The Morgan fingerprint density at radius 3 is 2.61 bits per heavy atom. The molecule has 6 nitrogen and oxygen atoms in total. The molecule has 0 bridgehead atoms. The van der Waals surface area contributed by atoms with Crippen LogP contribution >= 0.6 is 0 Å². The third kappa shape index (κ3) is 4.15. The Kier molecular flexibility index (Phi) is 5.84. The second-order valence-electron chi connectivity index (χ2n) is 5.35. The number of likely N-dealkylation sites (tertiary alicyclic amines) is 1. The molecule has 23 heavy (non-hydrogen) atoms. The van der Waals surface area contributed by atoms with Crippen molar-refractivity contribution in [3.8, 4) is 11.5 Å². The molecule has 2 amide bonds. The normalized spacial score (nSPS) is 17.3. The Morgan fingerprint density at radius 2 is 2.00 bits per heavy atom. The number of hydrogen-bond donors (Lipinski definition) is 1. The van der Waals surface area contributed by atoms with Crippen LogP contribution in [0.25, 0.3) is 0 Å². The lowest BCUT2D eigenvalue weighted by Crippen LogP contribution is -2.28. The molecule has 1 saturated heterocycles. The largest absolute Gasteiger partial charge is 0.494 e. The first kappa shape index (κ1) is 17.1. The van der Waals surface area contributed by atoms with Crippen molar-refractivity contribution in [3.63, 3.8) is 0 Å². The summed E-state index contributed by atoms with van der Waals surface area (Å²) in [5, 5.41) is 2.88. The fourth-order valence-corrected chi connectivity index (χ4v) is 2.63. The standard InChI is InChI=1S/C17H24N2O4/c1-4-19-11-12(9-16(19)20)17(21)18-14-10-13(22-5-2)7-8-15(14)23-6-3/h7-8,10,12H,4-6,9,11H2,1-3H3,(H,18,21)/t12-/m0/s1. The summed E-state index contributed by atoms with van der Waals surface area (Å²) in [6.07, 6.45) is 0.259. The van der Waals surface area contributed by atoms with E-state index >= 15 is 0 Å². The molecule has 1 N–H and O–H groups in total. The predicted octanol–water partition coefficient (Wildman–Crippen LogP) is 2.29. The highest BCUT2D eigenvalue weighted by atomic mass is 16.5. The number of benzene rings is 1. The van der Waals surface area contributed by atoms with Crippen LogP contribution in [0.3, 0.4) is 0 Å². The molecule has 0 radical (unpaired) electrons. The molecule has 0 aliphatic carbocycles. The van der Waals surface area contributed by atoms with E-state index in [1.807, 2.05) is 26.8 Å². The molecule has 6 heteroatoms. The van der Waals surface area contributed by atoms with Crippen molar-refractivity contribution in [1.29, 1.82) is 0 Å². The maximum absolute atomic E-state index is 12.5. The molecule has 1 aromatic carbocycles. The van der Waals surface area contributed by atoms with Crippen molar-refractivity contribution in [1.82, 2.24) is 4.90 Å². The number of hydrogen-bond acceptors (Lipinski definition) is 4. The van der Waals surface area contributed by atoms with Crippen LogP contribution in [0.5, 0.6) is 11.5 Å². The van der Waals surface area contributed by atoms with Gasteiger partial charge < -0.3 is 19.7 Å². The minimum Gasteiger partial charge on any atom is -0.494 e. The van der Waals surface area contributed by atoms with E-state index < -0.39 is 0 Å². The van der Waals surface area contributed by atoms with Crippen molar-refractivity contribution in [2.45, 2.75) is 27.2 Å². The van der Waals surface area contributed by atoms with Gasteiger partial charge in [0.15, 0.2) is 0 Å². The minimum atomic E-state index is -0.326. The van der Waals surface area contributed by atoms with Gasteiger partial charge in [-0.05, 0) is 32.9 Å². The SMILES string of the molecule is CCOc1ccc(OCC)c(NC(=O)[C@H]2CC(=O)N(CC)C2)c1. The summed E-state index contributed by atoms with van der Waals surface area (Å²) in [5.41, 5.74) is 0.574. The van der Waals surface area contributed by atoms with Crippen LogP contribution in [0.1, 0.15) is 27.2 Å². The van der Waals surface area contributed by atoms with Gasteiger partial charge in [-0.25, -0.2) is 0 Å². The van der Waals surface area contributed by atoms with Crippen molar-refractivity contribution in [2.24, 2.45) is 5.92 Å². The van der Waals surface area contributed by atoms with E-state index in [2.05, 4.69) is 5.32 Å². The summed E-state index contributed by atoms with van der Waals surface area (Å²) in [4.78, 5) is 25.9. The van der Waals surface area contributed by atoms with Crippen molar-refractivity contribution in [3.05, 3.63) is 18.2 Å². The van der Waals surface area contributed by atoms with Crippen molar-refractivity contribution < 1.29 is 19.1 Å². The van der Waals surface area contributed by atoms with Crippen LogP contribution in [-0.2, 0) is 9.59 Å². The molecule has 1 aromatic rings. The van der Waals surface area contributed by atoms with Gasteiger partial charge in [0.2, 0.25) is 11.8 Å². The Labute approximate surface area is 136 Å². The van der Waals surface area contributed by atoms with Crippen LogP contribution in [0.4, 0.5) is 5.69 Å². The van der Waals surface area contributed by atoms with E-state index in [0.29, 0.717) is 43.5 Å². The van der Waals surface area contributed by atoms with Gasteiger partial charge >= 0.3 is 0 Å². The zero-order chi connectivity index (χ0) is 16.8. The molecule has 0 unspecified atom stereocenters. The maximum atomic E-state index is 12.5. The molecule has 0 saturated carbocycles. The third-order valence-corrected chi connectivity index (χ3v) is 3.79. The van der Waals surface area contributed by atoms with Gasteiger partial charge in [-0.1, -0.05) is 0 Å². The van der Waals surface area contributed by atoms with Gasteiger partial charge in [-0.2, -0.15) is 0 Å². The van der Waals surface area contributed by atoms with E-state index in [4.69, 9.17) is 9.47 Å². The summed E-state index contributed by atoms with van der Waals surface area (Å²) < 4.78 is 11.0. The summed E-state index contributed by atoms with van der Waals surface area (Å²) in [6, 6.07) is 5.34. The summed E-state index contributed by atoms with van der Waals surface area (Å²) >= 11 is 0. The number of amides is 2. The van der Waals surface area contributed by atoms with E-state index in [9.17, 15) is 9.59 Å². The molecule has 0 aromatic heterocycles. The molecule has 1 fully saturated rings. The number of anilines is 1. The molecule has 1 atom stereocenters. The average Bonchev–Trinajstić information content (AvgIpc) is 2.91. The van der Waals surface area contributed by atoms with Gasteiger partial charge in [0.25, 0.3) is 0 Å². The summed E-state index contributed by atoms with van der Waals surface area (Å²) in [6.45, 7) is 7.85. The highest BCUT2D eigenvalue weighted by Gasteiger charge is 2.33. The summed E-state index contributed by atoms with van der Waals surface area (Å²) in [7, 11) is 0. The molecular formula is C17H24N2O4. The van der Waals surface area contributed by atoms with Crippen LogP contribution in [-0.4, -0.2) is 43.0 Å². The Balaban J connectivity index is 2.12. The summed E-state index contributed by atoms with van der Waals surface area (Å²) in [5.74, 6) is 0.808. The quantitative estimate of drug-likeness (QED) is 0.837. The first-order chi connectivity index (χ1) is 11.1. The lowest BCUT2D eigenvalue weighted by molar-refractivity contribution is -0.128. The van der Waals surface area contributed by atoms with Crippen LogP contribution < -0.4 is 14.8 Å². The van der Waals surface area contributed by atoms with Crippen LogP contribution in [0.2, 0.25) is 0 Å². The first-order valence-corrected chi connectivity index (χ1v) is 8.07. The van der Waals surface area contributed by atoms with Gasteiger partial charge in [-0.15, -0.1) is 0 Å². The lowest BCUT2D eigenvalue weighted by atomic mass is 10.1. The molecule has 126 valence electrons. The lowest BCUT2D eigenvalue weighted by Gasteiger charge is -2.16. The number of carbonyl (C=O) groups excluding carboxylic acids is 2. The monoisotopic (exact) mass is 320 g/mol. The van der Waals surface area contributed by atoms with E-state index in [1.54, 1.807) is 17.0 Å². The molecular weight excluding hydrogens is 296 g/mol. The van der Waals surface area contributed by atoms with E-state index in [1.165, 1.54) is 0 Å². The molecule has 1 aliphatic rings. The highest BCUT2D eigenvalue weighted by Crippen LogP contribution is 2.30. The van der Waals surface area contributed by atoms with E-state index in [-0.39, 0.29) is 24.2 Å². The Morgan fingerprint density at radius 1 is 1.26 bits per heavy atom. The van der Waals surface area contributed by atoms with E-state index in [0.717, 1.165) is 0 Å². The Bertz CT molecular complexity index is 574. The second kappa shape index (κ2) is 7.85. The number of nitrogens with one attached hydrogen (secondary N) is 1. The number of carbonyl (C=O) groups is 2. The fourth-order valence-electron chi connectivity index (χ4n) is 2.63. The van der Waals surface area contributed by atoms with Crippen molar-refractivity contribution >= 4 is 17.5 Å².